The van der Waals surface area contributed by atoms with Gasteiger partial charge in [0.05, 0.1) is 31.7 Å². The van der Waals surface area contributed by atoms with E-state index in [9.17, 15) is 5.11 Å². The average Bonchev–Trinajstić information content (AvgIpc) is 3.19. The van der Waals surface area contributed by atoms with E-state index in [1.165, 1.54) is 38.5 Å². The summed E-state index contributed by atoms with van der Waals surface area (Å²) in [4.78, 5) is 0. The lowest BCUT2D eigenvalue weighted by atomic mass is 9.84. The number of aliphatic hydroxyl groups is 2. The van der Waals surface area contributed by atoms with Gasteiger partial charge in [0.1, 0.15) is 6.10 Å². The van der Waals surface area contributed by atoms with E-state index >= 15 is 0 Å². The molecule has 134 valence electrons. The summed E-state index contributed by atoms with van der Waals surface area (Å²) in [6, 6.07) is 0. The standard InChI is InChI=1S/C19H34O4/c1-2-3-4-7-15(16-10-11-22-14-16)8-5-6-9-17-12-18(21)19(13-20)23-17/h10-11,15-21H,2-9,12-14H2,1H3/t15?,16?,17-,18-,19+/m0/s1. The molecule has 0 spiro atoms. The van der Waals surface area contributed by atoms with Crippen LogP contribution in [0.3, 0.4) is 0 Å². The first-order valence-electron chi connectivity index (χ1n) is 9.47. The fourth-order valence-electron chi connectivity index (χ4n) is 3.84. The number of ether oxygens (including phenoxy) is 2. The SMILES string of the molecule is CCCCCC(CCCC[C@H]1C[C@H](O)[C@@H](CO)O1)C1C=COC1. The van der Waals surface area contributed by atoms with Gasteiger partial charge < -0.3 is 19.7 Å². The van der Waals surface area contributed by atoms with Gasteiger partial charge in [-0.2, -0.15) is 0 Å². The molecule has 0 aromatic heterocycles. The summed E-state index contributed by atoms with van der Waals surface area (Å²) in [7, 11) is 0. The van der Waals surface area contributed by atoms with Crippen LogP contribution in [0, 0.1) is 11.8 Å². The van der Waals surface area contributed by atoms with Crippen molar-refractivity contribution in [1.82, 2.24) is 0 Å². The van der Waals surface area contributed by atoms with Crippen molar-refractivity contribution < 1.29 is 19.7 Å². The zero-order chi connectivity index (χ0) is 16.5. The maximum absolute atomic E-state index is 9.76. The van der Waals surface area contributed by atoms with Crippen molar-refractivity contribution in [3.05, 3.63) is 12.3 Å². The van der Waals surface area contributed by atoms with E-state index < -0.39 is 6.10 Å². The first-order valence-corrected chi connectivity index (χ1v) is 9.47. The minimum atomic E-state index is -0.493. The zero-order valence-corrected chi connectivity index (χ0v) is 14.5. The van der Waals surface area contributed by atoms with Crippen LogP contribution in [0.15, 0.2) is 12.3 Å². The van der Waals surface area contributed by atoms with Crippen molar-refractivity contribution in [3.63, 3.8) is 0 Å². The highest BCUT2D eigenvalue weighted by atomic mass is 16.5. The van der Waals surface area contributed by atoms with E-state index in [0.717, 1.165) is 25.4 Å². The molecule has 23 heavy (non-hydrogen) atoms. The predicted molar refractivity (Wildman–Crippen MR) is 91.1 cm³/mol. The van der Waals surface area contributed by atoms with Gasteiger partial charge >= 0.3 is 0 Å². The van der Waals surface area contributed by atoms with Crippen molar-refractivity contribution in [2.45, 2.75) is 83.0 Å². The Balaban J connectivity index is 1.64. The van der Waals surface area contributed by atoms with Gasteiger partial charge in [-0.05, 0) is 31.3 Å². The summed E-state index contributed by atoms with van der Waals surface area (Å²) >= 11 is 0. The van der Waals surface area contributed by atoms with E-state index in [1.807, 2.05) is 6.26 Å². The number of rotatable bonds is 11. The van der Waals surface area contributed by atoms with Gasteiger partial charge in [-0.1, -0.05) is 39.0 Å². The third kappa shape index (κ3) is 6.09. The molecular weight excluding hydrogens is 292 g/mol. The molecule has 0 radical (unpaired) electrons. The Morgan fingerprint density at radius 1 is 1.17 bits per heavy atom. The van der Waals surface area contributed by atoms with E-state index in [4.69, 9.17) is 14.6 Å². The fourth-order valence-corrected chi connectivity index (χ4v) is 3.84. The van der Waals surface area contributed by atoms with Crippen LogP contribution in [0.4, 0.5) is 0 Å². The second kappa shape index (κ2) is 10.3. The quantitative estimate of drug-likeness (QED) is 0.571. The molecule has 2 aliphatic rings. The van der Waals surface area contributed by atoms with Crippen molar-refractivity contribution in [2.24, 2.45) is 11.8 Å². The maximum Gasteiger partial charge on any atom is 0.107 e. The van der Waals surface area contributed by atoms with Gasteiger partial charge in [0, 0.05) is 12.3 Å². The van der Waals surface area contributed by atoms with Gasteiger partial charge in [-0.15, -0.1) is 0 Å². The molecule has 2 unspecified atom stereocenters. The fraction of sp³-hybridized carbons (Fsp3) is 0.895. The van der Waals surface area contributed by atoms with E-state index in [1.54, 1.807) is 0 Å². The molecule has 0 bridgehead atoms. The Hall–Kier alpha value is -0.580. The molecule has 0 aliphatic carbocycles. The van der Waals surface area contributed by atoms with E-state index in [-0.39, 0.29) is 18.8 Å². The summed E-state index contributed by atoms with van der Waals surface area (Å²) in [6.07, 6.45) is 13.8. The minimum Gasteiger partial charge on any atom is -0.501 e. The number of unbranched alkanes of at least 4 members (excludes halogenated alkanes) is 3. The molecule has 2 N–H and O–H groups in total. The average molecular weight is 326 g/mol. The number of aliphatic hydroxyl groups excluding tert-OH is 2. The smallest absolute Gasteiger partial charge is 0.107 e. The summed E-state index contributed by atoms with van der Waals surface area (Å²) in [5.74, 6) is 1.33. The molecule has 1 fully saturated rings. The zero-order valence-electron chi connectivity index (χ0n) is 14.5. The summed E-state index contributed by atoms with van der Waals surface area (Å²) in [5, 5.41) is 18.9. The lowest BCUT2D eigenvalue weighted by Gasteiger charge is -2.21. The molecule has 2 aliphatic heterocycles. The second-order valence-corrected chi connectivity index (χ2v) is 7.15. The Morgan fingerprint density at radius 2 is 1.96 bits per heavy atom. The lowest BCUT2D eigenvalue weighted by Crippen LogP contribution is -2.24. The highest BCUT2D eigenvalue weighted by Gasteiger charge is 2.32. The maximum atomic E-state index is 9.76. The molecule has 0 aromatic rings. The largest absolute Gasteiger partial charge is 0.501 e. The molecule has 0 aromatic carbocycles. The lowest BCUT2D eigenvalue weighted by molar-refractivity contribution is -0.0242. The third-order valence-electron chi connectivity index (χ3n) is 5.33. The van der Waals surface area contributed by atoms with Crippen LogP contribution in [0.1, 0.15) is 64.7 Å². The summed E-state index contributed by atoms with van der Waals surface area (Å²) < 4.78 is 11.1. The predicted octanol–water partition coefficient (Wildman–Crippen LogP) is 3.41. The highest BCUT2D eigenvalue weighted by Crippen LogP contribution is 2.30. The van der Waals surface area contributed by atoms with Crippen LogP contribution in [0.2, 0.25) is 0 Å². The van der Waals surface area contributed by atoms with Crippen molar-refractivity contribution in [2.75, 3.05) is 13.2 Å². The Kier molecular flexibility index (Phi) is 8.41. The second-order valence-electron chi connectivity index (χ2n) is 7.15. The van der Waals surface area contributed by atoms with Gasteiger partial charge in [0.15, 0.2) is 0 Å². The van der Waals surface area contributed by atoms with Crippen LogP contribution < -0.4 is 0 Å². The van der Waals surface area contributed by atoms with Crippen LogP contribution >= 0.6 is 0 Å². The van der Waals surface area contributed by atoms with Crippen LogP contribution in [-0.4, -0.2) is 41.7 Å². The molecular formula is C19H34O4. The molecule has 0 saturated carbocycles. The van der Waals surface area contributed by atoms with Crippen LogP contribution in [-0.2, 0) is 9.47 Å². The molecule has 5 atom stereocenters. The van der Waals surface area contributed by atoms with Gasteiger partial charge in [0.2, 0.25) is 0 Å². The van der Waals surface area contributed by atoms with Crippen LogP contribution in [0.25, 0.3) is 0 Å². The first kappa shape index (κ1) is 18.8. The van der Waals surface area contributed by atoms with Crippen molar-refractivity contribution >= 4 is 0 Å². The molecule has 2 heterocycles. The van der Waals surface area contributed by atoms with E-state index in [0.29, 0.717) is 12.3 Å². The van der Waals surface area contributed by atoms with Gasteiger partial charge in [-0.25, -0.2) is 0 Å². The Labute approximate surface area is 140 Å². The normalized spacial score (nSPS) is 31.4. The summed E-state index contributed by atoms with van der Waals surface area (Å²) in [6.45, 7) is 3.03. The van der Waals surface area contributed by atoms with E-state index in [2.05, 4.69) is 13.0 Å². The third-order valence-corrected chi connectivity index (χ3v) is 5.33. The molecule has 1 saturated heterocycles. The van der Waals surface area contributed by atoms with Gasteiger partial charge in [0.25, 0.3) is 0 Å². The first-order chi connectivity index (χ1) is 11.2. The minimum absolute atomic E-state index is 0.0782. The van der Waals surface area contributed by atoms with Crippen LogP contribution in [0.5, 0.6) is 0 Å². The Bertz CT molecular complexity index is 344. The molecule has 0 amide bonds. The van der Waals surface area contributed by atoms with Crippen molar-refractivity contribution in [3.8, 4) is 0 Å². The highest BCUT2D eigenvalue weighted by molar-refractivity contribution is 4.93. The number of hydrogen-bond donors (Lipinski definition) is 2. The van der Waals surface area contributed by atoms with Crippen molar-refractivity contribution in [1.29, 1.82) is 0 Å². The molecule has 2 rings (SSSR count). The summed E-state index contributed by atoms with van der Waals surface area (Å²) in [5.41, 5.74) is 0. The topological polar surface area (TPSA) is 58.9 Å². The molecule has 4 nitrogen and oxygen atoms in total. The number of hydrogen-bond acceptors (Lipinski definition) is 4. The molecule has 4 heteroatoms. The Morgan fingerprint density at radius 3 is 2.57 bits per heavy atom. The monoisotopic (exact) mass is 326 g/mol. The van der Waals surface area contributed by atoms with Gasteiger partial charge in [-0.3, -0.25) is 0 Å².